The molecule has 2 rings (SSSR count). The molecule has 1 unspecified atom stereocenters. The lowest BCUT2D eigenvalue weighted by atomic mass is 10.1. The molecule has 0 aromatic heterocycles. The molecule has 2 aromatic carbocycles. The Hall–Kier alpha value is -2.40. The average Bonchev–Trinajstić information content (AvgIpc) is 2.41. The van der Waals surface area contributed by atoms with Gasteiger partial charge in [0, 0.05) is 13.6 Å². The minimum absolute atomic E-state index is 0.0874. The van der Waals surface area contributed by atoms with Crippen molar-refractivity contribution in [1.29, 1.82) is 0 Å². The second-order valence-electron chi connectivity index (χ2n) is 4.64. The van der Waals surface area contributed by atoms with Gasteiger partial charge in [0.2, 0.25) is 0 Å². The first-order valence-electron chi connectivity index (χ1n) is 6.18. The van der Waals surface area contributed by atoms with Gasteiger partial charge < -0.3 is 25.3 Å². The van der Waals surface area contributed by atoms with E-state index in [-0.39, 0.29) is 23.8 Å². The summed E-state index contributed by atoms with van der Waals surface area (Å²) in [5.74, 6) is -0.344. The molecule has 20 heavy (non-hydrogen) atoms. The standard InChI is InChI=1S/C15H17NO4/c1-16(12-6-3-7-13(18)15(12)20)9-14(19)10-4-2-5-11(17)8-10/h2-8,14,17-20H,9H2,1H3. The minimum Gasteiger partial charge on any atom is -0.508 e. The molecule has 0 bridgehead atoms. The van der Waals surface area contributed by atoms with Crippen molar-refractivity contribution >= 4 is 5.69 Å². The van der Waals surface area contributed by atoms with E-state index >= 15 is 0 Å². The van der Waals surface area contributed by atoms with Crippen LogP contribution in [-0.2, 0) is 0 Å². The highest BCUT2D eigenvalue weighted by Gasteiger charge is 2.15. The third-order valence-corrected chi connectivity index (χ3v) is 3.11. The molecule has 0 amide bonds. The van der Waals surface area contributed by atoms with Crippen molar-refractivity contribution in [2.24, 2.45) is 0 Å². The highest BCUT2D eigenvalue weighted by atomic mass is 16.3. The minimum atomic E-state index is -0.825. The van der Waals surface area contributed by atoms with Gasteiger partial charge in [0.15, 0.2) is 11.5 Å². The predicted molar refractivity (Wildman–Crippen MR) is 76.1 cm³/mol. The number of phenols is 3. The molecule has 0 fully saturated rings. The number of benzene rings is 2. The van der Waals surface area contributed by atoms with E-state index in [0.29, 0.717) is 11.3 Å². The van der Waals surface area contributed by atoms with Crippen LogP contribution in [-0.4, -0.2) is 34.0 Å². The van der Waals surface area contributed by atoms with Crippen LogP contribution in [0.5, 0.6) is 17.2 Å². The van der Waals surface area contributed by atoms with Crippen molar-refractivity contribution in [3.63, 3.8) is 0 Å². The van der Waals surface area contributed by atoms with Crippen molar-refractivity contribution in [2.75, 3.05) is 18.5 Å². The molecule has 5 heteroatoms. The van der Waals surface area contributed by atoms with Crippen LogP contribution in [0.25, 0.3) is 0 Å². The summed E-state index contributed by atoms with van der Waals surface area (Å²) >= 11 is 0. The Morgan fingerprint density at radius 2 is 1.75 bits per heavy atom. The van der Waals surface area contributed by atoms with Gasteiger partial charge in [-0.1, -0.05) is 18.2 Å². The summed E-state index contributed by atoms with van der Waals surface area (Å²) in [6.45, 7) is 0.209. The highest BCUT2D eigenvalue weighted by molar-refractivity contribution is 5.63. The molecule has 0 radical (unpaired) electrons. The third-order valence-electron chi connectivity index (χ3n) is 3.11. The number of hydrogen-bond acceptors (Lipinski definition) is 5. The summed E-state index contributed by atoms with van der Waals surface area (Å²) in [7, 11) is 1.69. The number of hydrogen-bond donors (Lipinski definition) is 4. The fourth-order valence-corrected chi connectivity index (χ4v) is 2.02. The molecule has 2 aromatic rings. The van der Waals surface area contributed by atoms with E-state index in [9.17, 15) is 20.4 Å². The molecule has 0 aliphatic heterocycles. The smallest absolute Gasteiger partial charge is 0.181 e. The van der Waals surface area contributed by atoms with Gasteiger partial charge in [-0.05, 0) is 29.8 Å². The molecule has 0 aliphatic rings. The van der Waals surface area contributed by atoms with Crippen molar-refractivity contribution in [3.8, 4) is 17.2 Å². The van der Waals surface area contributed by atoms with E-state index < -0.39 is 6.10 Å². The SMILES string of the molecule is CN(CC(O)c1cccc(O)c1)c1cccc(O)c1O. The average molecular weight is 275 g/mol. The second kappa shape index (κ2) is 5.71. The van der Waals surface area contributed by atoms with Gasteiger partial charge in [-0.2, -0.15) is 0 Å². The number of aromatic hydroxyl groups is 3. The molecular weight excluding hydrogens is 258 g/mol. The topological polar surface area (TPSA) is 84.2 Å². The van der Waals surface area contributed by atoms with Gasteiger partial charge >= 0.3 is 0 Å². The maximum absolute atomic E-state index is 10.1. The van der Waals surface area contributed by atoms with Gasteiger partial charge in [0.05, 0.1) is 11.8 Å². The molecule has 0 spiro atoms. The monoisotopic (exact) mass is 275 g/mol. The first kappa shape index (κ1) is 14.0. The summed E-state index contributed by atoms with van der Waals surface area (Å²) in [5, 5.41) is 38.8. The number of anilines is 1. The molecule has 4 N–H and O–H groups in total. The maximum Gasteiger partial charge on any atom is 0.181 e. The van der Waals surface area contributed by atoms with Crippen LogP contribution in [0.2, 0.25) is 0 Å². The van der Waals surface area contributed by atoms with Gasteiger partial charge in [-0.15, -0.1) is 0 Å². The number of nitrogens with zero attached hydrogens (tertiary/aromatic N) is 1. The van der Waals surface area contributed by atoms with Crippen LogP contribution in [0.4, 0.5) is 5.69 Å². The number of para-hydroxylation sites is 1. The first-order chi connectivity index (χ1) is 9.49. The summed E-state index contributed by atoms with van der Waals surface area (Å²) in [4.78, 5) is 1.63. The number of likely N-dealkylation sites (N-methyl/N-ethyl adjacent to an activating group) is 1. The zero-order valence-corrected chi connectivity index (χ0v) is 11.1. The Morgan fingerprint density at radius 3 is 2.45 bits per heavy atom. The third kappa shape index (κ3) is 2.95. The van der Waals surface area contributed by atoms with E-state index in [1.54, 1.807) is 36.2 Å². The zero-order valence-electron chi connectivity index (χ0n) is 11.1. The Bertz CT molecular complexity index is 600. The molecule has 0 aliphatic carbocycles. The molecule has 0 saturated heterocycles. The van der Waals surface area contributed by atoms with Crippen LogP contribution < -0.4 is 4.90 Å². The molecule has 106 valence electrons. The normalized spacial score (nSPS) is 12.1. The van der Waals surface area contributed by atoms with Gasteiger partial charge in [0.25, 0.3) is 0 Å². The van der Waals surface area contributed by atoms with E-state index in [4.69, 9.17) is 0 Å². The summed E-state index contributed by atoms with van der Waals surface area (Å²) in [6, 6.07) is 11.0. The Morgan fingerprint density at radius 1 is 1.05 bits per heavy atom. The fraction of sp³-hybridized carbons (Fsp3) is 0.200. The van der Waals surface area contributed by atoms with Gasteiger partial charge in [0.1, 0.15) is 5.75 Å². The molecule has 0 saturated carbocycles. The van der Waals surface area contributed by atoms with Gasteiger partial charge in [-0.25, -0.2) is 0 Å². The molecular formula is C15H17NO4. The van der Waals surface area contributed by atoms with Crippen LogP contribution in [0.3, 0.4) is 0 Å². The quantitative estimate of drug-likeness (QED) is 0.641. The number of aliphatic hydroxyl groups excluding tert-OH is 1. The summed E-state index contributed by atoms with van der Waals surface area (Å²) in [5.41, 5.74) is 1.00. The van der Waals surface area contributed by atoms with Crippen molar-refractivity contribution < 1.29 is 20.4 Å². The Balaban J connectivity index is 2.15. The summed E-state index contributed by atoms with van der Waals surface area (Å²) < 4.78 is 0. The van der Waals surface area contributed by atoms with Crippen molar-refractivity contribution in [1.82, 2.24) is 0 Å². The first-order valence-corrected chi connectivity index (χ1v) is 6.18. The Labute approximate surface area is 117 Å². The van der Waals surface area contributed by atoms with E-state index in [1.165, 1.54) is 18.2 Å². The number of rotatable bonds is 4. The predicted octanol–water partition coefficient (Wildman–Crippen LogP) is 1.97. The van der Waals surface area contributed by atoms with Crippen molar-refractivity contribution in [2.45, 2.75) is 6.10 Å². The lowest BCUT2D eigenvalue weighted by molar-refractivity contribution is 0.184. The number of phenolic OH excluding ortho intramolecular Hbond substituents is 3. The van der Waals surface area contributed by atoms with Gasteiger partial charge in [-0.3, -0.25) is 0 Å². The Kier molecular flexibility index (Phi) is 4.00. The largest absolute Gasteiger partial charge is 0.508 e. The highest BCUT2D eigenvalue weighted by Crippen LogP contribution is 2.35. The second-order valence-corrected chi connectivity index (χ2v) is 4.64. The van der Waals surface area contributed by atoms with Crippen LogP contribution >= 0.6 is 0 Å². The number of aliphatic hydroxyl groups is 1. The van der Waals surface area contributed by atoms with Crippen LogP contribution in [0.1, 0.15) is 11.7 Å². The molecule has 5 nitrogen and oxygen atoms in total. The van der Waals surface area contributed by atoms with Crippen LogP contribution in [0.15, 0.2) is 42.5 Å². The van der Waals surface area contributed by atoms with E-state index in [1.807, 2.05) is 0 Å². The van der Waals surface area contributed by atoms with E-state index in [2.05, 4.69) is 0 Å². The molecule has 1 atom stereocenters. The fourth-order valence-electron chi connectivity index (χ4n) is 2.02. The van der Waals surface area contributed by atoms with Crippen molar-refractivity contribution in [3.05, 3.63) is 48.0 Å². The summed E-state index contributed by atoms with van der Waals surface area (Å²) in [6.07, 6.45) is -0.825. The maximum atomic E-state index is 10.1. The molecule has 0 heterocycles. The van der Waals surface area contributed by atoms with Crippen LogP contribution in [0, 0.1) is 0 Å². The van der Waals surface area contributed by atoms with E-state index in [0.717, 1.165) is 0 Å². The lowest BCUT2D eigenvalue weighted by Crippen LogP contribution is -2.24. The zero-order chi connectivity index (χ0) is 14.7. The lowest BCUT2D eigenvalue weighted by Gasteiger charge is -2.24.